The molecule has 1 aliphatic heterocycles. The van der Waals surface area contributed by atoms with Crippen LogP contribution in [0, 0.1) is 0 Å². The summed E-state index contributed by atoms with van der Waals surface area (Å²) in [4.78, 5) is 13.8. The molecule has 0 unspecified atom stereocenters. The third-order valence-electron chi connectivity index (χ3n) is 2.24. The first-order chi connectivity index (χ1) is 8.72. The van der Waals surface area contributed by atoms with Crippen LogP contribution in [0.4, 0.5) is 0 Å². The van der Waals surface area contributed by atoms with Crippen molar-refractivity contribution in [2.45, 2.75) is 3.79 Å². The monoisotopic (exact) mass is 385 g/mol. The molecule has 3 nitrogen and oxygen atoms in total. The quantitative estimate of drug-likeness (QED) is 0.407. The molecule has 1 rings (SSSR count). The minimum atomic E-state index is -1.79. The number of halogens is 6. The van der Waals surface area contributed by atoms with E-state index in [1.807, 2.05) is 0 Å². The minimum Gasteiger partial charge on any atom is -0.378 e. The Bertz CT molecular complexity index is 405. The van der Waals surface area contributed by atoms with Crippen molar-refractivity contribution in [2.75, 3.05) is 26.3 Å². The molecule has 108 valence electrons. The average Bonchev–Trinajstić information content (AvgIpc) is 2.34. The Kier molecular flexibility index (Phi) is 7.08. The maximum absolute atomic E-state index is 12.3. The molecule has 0 radical (unpaired) electrons. The topological polar surface area (TPSA) is 29.5 Å². The molecule has 0 atom stereocenters. The third kappa shape index (κ3) is 5.88. The molecule has 1 aliphatic rings. The molecule has 0 spiro atoms. The lowest BCUT2D eigenvalue weighted by atomic mass is 10.2. The first-order valence-corrected chi connectivity index (χ1v) is 7.37. The van der Waals surface area contributed by atoms with Crippen LogP contribution in [0.1, 0.15) is 0 Å². The zero-order valence-electron chi connectivity index (χ0n) is 9.44. The number of ether oxygens (including phenoxy) is 1. The average molecular weight is 388 g/mol. The lowest BCUT2D eigenvalue weighted by Crippen LogP contribution is -2.41. The van der Waals surface area contributed by atoms with Crippen LogP contribution in [-0.4, -0.2) is 40.9 Å². The number of carbonyl (C=O) groups is 1. The summed E-state index contributed by atoms with van der Waals surface area (Å²) in [6.07, 6.45) is 1.09. The molecular formula is C10H9Cl6NO2. The van der Waals surface area contributed by atoms with Crippen molar-refractivity contribution in [1.29, 1.82) is 0 Å². The van der Waals surface area contributed by atoms with E-state index in [0.717, 1.165) is 6.08 Å². The van der Waals surface area contributed by atoms with Gasteiger partial charge in [0.05, 0.1) is 23.8 Å². The summed E-state index contributed by atoms with van der Waals surface area (Å²) in [6, 6.07) is 0. The van der Waals surface area contributed by atoms with E-state index in [2.05, 4.69) is 0 Å². The van der Waals surface area contributed by atoms with Gasteiger partial charge in [0.1, 0.15) is 4.49 Å². The largest absolute Gasteiger partial charge is 0.378 e. The molecule has 0 aromatic heterocycles. The fourth-order valence-electron chi connectivity index (χ4n) is 1.42. The maximum atomic E-state index is 12.3. The van der Waals surface area contributed by atoms with Crippen molar-refractivity contribution in [3.63, 3.8) is 0 Å². The van der Waals surface area contributed by atoms with Gasteiger partial charge in [-0.1, -0.05) is 69.6 Å². The van der Waals surface area contributed by atoms with Gasteiger partial charge in [0.25, 0.3) is 5.91 Å². The number of rotatable bonds is 2. The van der Waals surface area contributed by atoms with Crippen LogP contribution in [0.2, 0.25) is 0 Å². The van der Waals surface area contributed by atoms with E-state index in [-0.39, 0.29) is 15.1 Å². The SMILES string of the molecule is O=C(/C(=C\C(Cl)(Cl)Cl)C(Cl)=C(Cl)Cl)N1CCOCC1. The molecular weight excluding hydrogens is 379 g/mol. The van der Waals surface area contributed by atoms with Crippen LogP contribution >= 0.6 is 69.6 Å². The number of morpholine rings is 1. The summed E-state index contributed by atoms with van der Waals surface area (Å²) in [7, 11) is 0. The zero-order chi connectivity index (χ0) is 14.6. The van der Waals surface area contributed by atoms with Gasteiger partial charge in [-0.05, 0) is 6.08 Å². The second-order valence-corrected chi connectivity index (χ2v) is 7.27. The number of amides is 1. The summed E-state index contributed by atoms with van der Waals surface area (Å²) in [5.74, 6) is -0.418. The second-order valence-electron chi connectivity index (χ2n) is 3.58. The van der Waals surface area contributed by atoms with Gasteiger partial charge < -0.3 is 9.64 Å². The molecule has 0 N–H and O–H groups in total. The zero-order valence-corrected chi connectivity index (χ0v) is 14.0. The van der Waals surface area contributed by atoms with Gasteiger partial charge in [-0.25, -0.2) is 0 Å². The molecule has 0 bridgehead atoms. The van der Waals surface area contributed by atoms with E-state index < -0.39 is 9.70 Å². The van der Waals surface area contributed by atoms with E-state index in [0.29, 0.717) is 26.3 Å². The first-order valence-electron chi connectivity index (χ1n) is 5.10. The molecule has 1 heterocycles. The van der Waals surface area contributed by atoms with Crippen LogP contribution in [0.15, 0.2) is 21.2 Å². The summed E-state index contributed by atoms with van der Waals surface area (Å²) in [5.41, 5.74) is -0.0523. The number of alkyl halides is 3. The molecule has 0 aromatic carbocycles. The molecule has 0 saturated carbocycles. The third-order valence-corrected chi connectivity index (χ3v) is 3.53. The van der Waals surface area contributed by atoms with Gasteiger partial charge >= 0.3 is 0 Å². The maximum Gasteiger partial charge on any atom is 0.255 e. The van der Waals surface area contributed by atoms with Crippen molar-refractivity contribution in [3.8, 4) is 0 Å². The lowest BCUT2D eigenvalue weighted by Gasteiger charge is -2.28. The Hall–Kier alpha value is 0.650. The summed E-state index contributed by atoms with van der Waals surface area (Å²) >= 11 is 34.0. The standard InChI is InChI=1S/C10H9Cl6NO2/c11-7(8(12)13)6(5-10(14,15)16)9(18)17-1-3-19-4-2-17/h5H,1-4H2/b6-5-. The van der Waals surface area contributed by atoms with Crippen LogP contribution in [0.25, 0.3) is 0 Å². The van der Waals surface area contributed by atoms with E-state index >= 15 is 0 Å². The number of carbonyl (C=O) groups excluding carboxylic acids is 1. The van der Waals surface area contributed by atoms with E-state index in [9.17, 15) is 4.79 Å². The highest BCUT2D eigenvalue weighted by Crippen LogP contribution is 2.34. The predicted octanol–water partition coefficient (Wildman–Crippen LogP) is 4.03. The summed E-state index contributed by atoms with van der Waals surface area (Å²) in [6.45, 7) is 1.70. The Morgan fingerprint density at radius 1 is 1.11 bits per heavy atom. The Morgan fingerprint density at radius 3 is 2.05 bits per heavy atom. The van der Waals surface area contributed by atoms with E-state index in [4.69, 9.17) is 74.3 Å². The molecule has 9 heteroatoms. The lowest BCUT2D eigenvalue weighted by molar-refractivity contribution is -0.130. The number of hydrogen-bond donors (Lipinski definition) is 0. The Morgan fingerprint density at radius 2 is 1.63 bits per heavy atom. The predicted molar refractivity (Wildman–Crippen MR) is 80.4 cm³/mol. The fourth-order valence-corrected chi connectivity index (χ4v) is 2.09. The van der Waals surface area contributed by atoms with Crippen LogP contribution in [0.5, 0.6) is 0 Å². The Balaban J connectivity index is 3.07. The van der Waals surface area contributed by atoms with Crippen molar-refractivity contribution in [1.82, 2.24) is 4.90 Å². The highest BCUT2D eigenvalue weighted by Gasteiger charge is 2.28. The number of allylic oxidation sites excluding steroid dienone is 1. The first kappa shape index (κ1) is 17.7. The fraction of sp³-hybridized carbons (Fsp3) is 0.500. The molecule has 0 aromatic rings. The summed E-state index contributed by atoms with van der Waals surface area (Å²) < 4.78 is 3.08. The normalized spacial score (nSPS) is 17.4. The van der Waals surface area contributed by atoms with Crippen molar-refractivity contribution >= 4 is 75.5 Å². The molecule has 1 amide bonds. The van der Waals surface area contributed by atoms with Gasteiger partial charge in [-0.3, -0.25) is 4.79 Å². The summed E-state index contributed by atoms with van der Waals surface area (Å²) in [5, 5.41) is -0.161. The van der Waals surface area contributed by atoms with Crippen molar-refractivity contribution < 1.29 is 9.53 Å². The molecule has 0 aliphatic carbocycles. The number of hydrogen-bond acceptors (Lipinski definition) is 2. The minimum absolute atomic E-state index is 0.0523. The van der Waals surface area contributed by atoms with Crippen molar-refractivity contribution in [2.24, 2.45) is 0 Å². The highest BCUT2D eigenvalue weighted by molar-refractivity contribution is 6.69. The molecule has 1 fully saturated rings. The highest BCUT2D eigenvalue weighted by atomic mass is 35.6. The number of nitrogens with zero attached hydrogens (tertiary/aromatic N) is 1. The van der Waals surface area contributed by atoms with Gasteiger partial charge in [0.2, 0.25) is 3.79 Å². The Labute approximate surface area is 140 Å². The molecule has 19 heavy (non-hydrogen) atoms. The van der Waals surface area contributed by atoms with Crippen LogP contribution in [0.3, 0.4) is 0 Å². The van der Waals surface area contributed by atoms with Crippen LogP contribution in [-0.2, 0) is 9.53 Å². The van der Waals surface area contributed by atoms with Crippen molar-refractivity contribution in [3.05, 3.63) is 21.2 Å². The van der Waals surface area contributed by atoms with E-state index in [1.165, 1.54) is 4.90 Å². The van der Waals surface area contributed by atoms with Crippen LogP contribution < -0.4 is 0 Å². The van der Waals surface area contributed by atoms with Gasteiger partial charge in [-0.15, -0.1) is 0 Å². The smallest absolute Gasteiger partial charge is 0.255 e. The van der Waals surface area contributed by atoms with Gasteiger partial charge in [-0.2, -0.15) is 0 Å². The second kappa shape index (κ2) is 7.60. The molecule has 1 saturated heterocycles. The van der Waals surface area contributed by atoms with Gasteiger partial charge in [0, 0.05) is 13.1 Å². The van der Waals surface area contributed by atoms with Gasteiger partial charge in [0.15, 0.2) is 0 Å². The van der Waals surface area contributed by atoms with E-state index in [1.54, 1.807) is 0 Å².